The molecule has 3 aromatic carbocycles. The molecule has 176 valence electrons. The quantitative estimate of drug-likeness (QED) is 0.350. The fraction of sp³-hybridized carbons (Fsp3) is 0.231. The van der Waals surface area contributed by atoms with Gasteiger partial charge >= 0.3 is 0 Å². The number of hydrogen-bond donors (Lipinski definition) is 0. The van der Waals surface area contributed by atoms with Crippen LogP contribution in [0.25, 0.3) is 10.2 Å². The number of benzene rings is 3. The van der Waals surface area contributed by atoms with Gasteiger partial charge in [0.1, 0.15) is 0 Å². The summed E-state index contributed by atoms with van der Waals surface area (Å²) < 4.78 is 11.9. The van der Waals surface area contributed by atoms with Crippen molar-refractivity contribution < 1.29 is 14.3 Å². The number of fused-ring (bicyclic) bond motifs is 2. The van der Waals surface area contributed by atoms with Crippen molar-refractivity contribution in [1.29, 1.82) is 0 Å². The lowest BCUT2D eigenvalue weighted by molar-refractivity contribution is 0.0985. The van der Waals surface area contributed by atoms with Crippen molar-refractivity contribution in [2.24, 2.45) is 0 Å². The minimum absolute atomic E-state index is 0. The molecule has 0 saturated carbocycles. The Morgan fingerprint density at radius 3 is 2.32 bits per heavy atom. The number of thiazole rings is 1. The number of ether oxygens (including phenoxy) is 2. The summed E-state index contributed by atoms with van der Waals surface area (Å²) in [7, 11) is 4.00. The zero-order valence-corrected chi connectivity index (χ0v) is 20.7. The molecule has 6 nitrogen and oxygen atoms in total. The van der Waals surface area contributed by atoms with Gasteiger partial charge in [0.15, 0.2) is 16.6 Å². The largest absolute Gasteiger partial charge is 0.454 e. The van der Waals surface area contributed by atoms with Gasteiger partial charge in [0, 0.05) is 30.8 Å². The Hall–Kier alpha value is -3.13. The van der Waals surface area contributed by atoms with Crippen LogP contribution in [0.5, 0.6) is 11.5 Å². The number of nitrogens with zero attached hydrogens (tertiary/aromatic N) is 3. The monoisotopic (exact) mass is 495 g/mol. The van der Waals surface area contributed by atoms with Gasteiger partial charge in [-0.25, -0.2) is 4.98 Å². The minimum Gasteiger partial charge on any atom is -0.454 e. The topological polar surface area (TPSA) is 54.9 Å². The Morgan fingerprint density at radius 2 is 1.62 bits per heavy atom. The van der Waals surface area contributed by atoms with E-state index in [0.29, 0.717) is 23.0 Å². The smallest absolute Gasteiger partial charge is 0.260 e. The van der Waals surface area contributed by atoms with E-state index in [2.05, 4.69) is 17.0 Å². The lowest BCUT2D eigenvalue weighted by Crippen LogP contribution is -2.36. The second-order valence-corrected chi connectivity index (χ2v) is 9.30. The number of hydrogen-bond acceptors (Lipinski definition) is 6. The van der Waals surface area contributed by atoms with Gasteiger partial charge < -0.3 is 14.4 Å². The Bertz CT molecular complexity index is 1230. The van der Waals surface area contributed by atoms with Crippen molar-refractivity contribution in [3.63, 3.8) is 0 Å². The highest BCUT2D eigenvalue weighted by molar-refractivity contribution is 7.22. The molecule has 0 bridgehead atoms. The van der Waals surface area contributed by atoms with Crippen LogP contribution in [-0.4, -0.2) is 49.8 Å². The van der Waals surface area contributed by atoms with E-state index in [1.165, 1.54) is 22.5 Å². The van der Waals surface area contributed by atoms with Crippen molar-refractivity contribution in [3.05, 3.63) is 83.4 Å². The van der Waals surface area contributed by atoms with Gasteiger partial charge in [-0.1, -0.05) is 53.8 Å². The predicted molar refractivity (Wildman–Crippen MR) is 139 cm³/mol. The molecular weight excluding hydrogens is 470 g/mol. The van der Waals surface area contributed by atoms with E-state index in [1.807, 2.05) is 68.7 Å². The van der Waals surface area contributed by atoms with Gasteiger partial charge in [-0.15, -0.1) is 12.4 Å². The summed E-state index contributed by atoms with van der Waals surface area (Å²) in [5, 5.41) is 0.675. The van der Waals surface area contributed by atoms with Crippen LogP contribution in [0.15, 0.2) is 66.7 Å². The van der Waals surface area contributed by atoms with Crippen LogP contribution in [-0.2, 0) is 6.42 Å². The summed E-state index contributed by atoms with van der Waals surface area (Å²) in [6, 6.07) is 22.0. The Kier molecular flexibility index (Phi) is 7.36. The Balaban J connectivity index is 0.00000274. The molecule has 0 radical (unpaired) electrons. The number of aromatic nitrogens is 1. The number of likely N-dealkylation sites (N-methyl/N-ethyl adjacent to an activating group) is 1. The normalized spacial score (nSPS) is 12.1. The molecule has 1 aromatic heterocycles. The molecule has 2 heterocycles. The highest BCUT2D eigenvalue weighted by atomic mass is 35.5. The Morgan fingerprint density at radius 1 is 0.941 bits per heavy atom. The first-order valence-corrected chi connectivity index (χ1v) is 11.7. The van der Waals surface area contributed by atoms with Crippen molar-refractivity contribution in [3.8, 4) is 11.5 Å². The van der Waals surface area contributed by atoms with Crippen LogP contribution in [0.4, 0.5) is 5.13 Å². The lowest BCUT2D eigenvalue weighted by atomic mass is 10.0. The molecule has 5 rings (SSSR count). The van der Waals surface area contributed by atoms with E-state index >= 15 is 0 Å². The van der Waals surface area contributed by atoms with E-state index in [9.17, 15) is 4.79 Å². The first kappa shape index (κ1) is 24.0. The first-order chi connectivity index (χ1) is 16.1. The van der Waals surface area contributed by atoms with Gasteiger partial charge in [0.2, 0.25) is 6.79 Å². The second kappa shape index (κ2) is 10.4. The van der Waals surface area contributed by atoms with E-state index in [-0.39, 0.29) is 25.1 Å². The molecule has 4 aromatic rings. The summed E-state index contributed by atoms with van der Waals surface area (Å²) >= 11 is 1.49. The van der Waals surface area contributed by atoms with E-state index in [4.69, 9.17) is 14.5 Å². The van der Waals surface area contributed by atoms with Crippen LogP contribution in [0.3, 0.4) is 0 Å². The van der Waals surface area contributed by atoms with Gasteiger partial charge in [-0.2, -0.15) is 0 Å². The predicted octanol–water partition coefficient (Wildman–Crippen LogP) is 5.25. The SMILES string of the molecule is CN(C)CCN(C(=O)c1ccc(Cc2ccccc2)cc1)c1nc2cc3c(cc2s1)OCO3.Cl. The maximum Gasteiger partial charge on any atom is 0.260 e. The third kappa shape index (κ3) is 5.17. The number of carbonyl (C=O) groups excluding carboxylic acids is 1. The summed E-state index contributed by atoms with van der Waals surface area (Å²) in [6.45, 7) is 1.51. The molecule has 0 aliphatic carbocycles. The number of carbonyl (C=O) groups is 1. The molecule has 0 saturated heterocycles. The van der Waals surface area contributed by atoms with Crippen LogP contribution >= 0.6 is 23.7 Å². The van der Waals surface area contributed by atoms with Crippen LogP contribution in [0.1, 0.15) is 21.5 Å². The van der Waals surface area contributed by atoms with Gasteiger partial charge in [0.25, 0.3) is 5.91 Å². The average Bonchev–Trinajstić information content (AvgIpc) is 3.44. The van der Waals surface area contributed by atoms with Crippen molar-refractivity contribution >= 4 is 45.0 Å². The zero-order valence-electron chi connectivity index (χ0n) is 19.1. The summed E-state index contributed by atoms with van der Waals surface area (Å²) in [6.07, 6.45) is 0.840. The summed E-state index contributed by atoms with van der Waals surface area (Å²) in [5.74, 6) is 1.36. The molecule has 0 fully saturated rings. The van der Waals surface area contributed by atoms with Crippen LogP contribution < -0.4 is 14.4 Å². The number of amides is 1. The number of halogens is 1. The lowest BCUT2D eigenvalue weighted by Gasteiger charge is -2.22. The molecule has 1 aliphatic rings. The maximum absolute atomic E-state index is 13.5. The zero-order chi connectivity index (χ0) is 22.8. The third-order valence-electron chi connectivity index (χ3n) is 5.57. The molecule has 0 N–H and O–H groups in total. The van der Waals surface area contributed by atoms with Crippen LogP contribution in [0, 0.1) is 0 Å². The number of rotatable bonds is 7. The molecule has 1 aliphatic heterocycles. The molecule has 1 amide bonds. The molecule has 8 heteroatoms. The molecule has 34 heavy (non-hydrogen) atoms. The first-order valence-electron chi connectivity index (χ1n) is 10.9. The summed E-state index contributed by atoms with van der Waals surface area (Å²) in [5.41, 5.74) is 3.88. The molecule has 0 atom stereocenters. The third-order valence-corrected chi connectivity index (χ3v) is 6.61. The number of anilines is 1. The fourth-order valence-electron chi connectivity index (χ4n) is 3.76. The fourth-order valence-corrected chi connectivity index (χ4v) is 4.76. The van der Waals surface area contributed by atoms with Crippen molar-refractivity contribution in [2.75, 3.05) is 38.9 Å². The van der Waals surface area contributed by atoms with E-state index < -0.39 is 0 Å². The standard InChI is InChI=1S/C26H25N3O3S.ClH/c1-28(2)12-13-29(26-27-21-15-22-23(32-17-31-22)16-24(21)33-26)25(30)20-10-8-19(9-11-20)14-18-6-4-3-5-7-18;/h3-11,15-16H,12-14,17H2,1-2H3;1H. The maximum atomic E-state index is 13.5. The van der Waals surface area contributed by atoms with Crippen molar-refractivity contribution in [2.45, 2.75) is 6.42 Å². The molecule has 0 unspecified atom stereocenters. The minimum atomic E-state index is -0.0535. The van der Waals surface area contributed by atoms with Gasteiger partial charge in [0.05, 0.1) is 10.2 Å². The molecule has 0 spiro atoms. The van der Waals surface area contributed by atoms with Gasteiger partial charge in [-0.3, -0.25) is 9.69 Å². The van der Waals surface area contributed by atoms with Crippen molar-refractivity contribution in [1.82, 2.24) is 9.88 Å². The van der Waals surface area contributed by atoms with E-state index in [0.717, 1.165) is 28.9 Å². The Labute approximate surface area is 209 Å². The highest BCUT2D eigenvalue weighted by Gasteiger charge is 2.23. The van der Waals surface area contributed by atoms with E-state index in [1.54, 1.807) is 4.90 Å². The van der Waals surface area contributed by atoms with Crippen LogP contribution in [0.2, 0.25) is 0 Å². The second-order valence-electron chi connectivity index (χ2n) is 8.29. The van der Waals surface area contributed by atoms with Gasteiger partial charge in [-0.05, 0) is 43.8 Å². The molecular formula is C26H26ClN3O3S. The average molecular weight is 496 g/mol. The summed E-state index contributed by atoms with van der Waals surface area (Å²) in [4.78, 5) is 22.1. The highest BCUT2D eigenvalue weighted by Crippen LogP contribution is 2.40.